The van der Waals surface area contributed by atoms with Gasteiger partial charge in [-0.2, -0.15) is 0 Å². The second kappa shape index (κ2) is 5.76. The number of hydrogen-bond donors (Lipinski definition) is 2. The first-order chi connectivity index (χ1) is 9.35. The zero-order chi connectivity index (χ0) is 14.8. The van der Waals surface area contributed by atoms with Crippen LogP contribution < -0.4 is 11.1 Å². The average molecular weight is 293 g/mol. The van der Waals surface area contributed by atoms with E-state index in [1.165, 1.54) is 0 Å². The Kier molecular flexibility index (Phi) is 4.25. The number of nitrogens with two attached hydrogens (primary N) is 1. The quantitative estimate of drug-likeness (QED) is 0.912. The van der Waals surface area contributed by atoms with Crippen molar-refractivity contribution in [2.24, 2.45) is 5.73 Å². The highest BCUT2D eigenvalue weighted by Gasteiger charge is 2.18. The smallest absolute Gasteiger partial charge is 0.407 e. The molecule has 5 nitrogen and oxygen atoms in total. The number of ether oxygens (including phenoxy) is 1. The molecule has 1 amide bonds. The first kappa shape index (κ1) is 14.7. The molecule has 1 aromatic carbocycles. The van der Waals surface area contributed by atoms with Gasteiger partial charge in [0.2, 0.25) is 0 Å². The van der Waals surface area contributed by atoms with Crippen LogP contribution >= 0.6 is 11.3 Å². The number of aromatic nitrogens is 1. The van der Waals surface area contributed by atoms with E-state index in [-0.39, 0.29) is 6.04 Å². The highest BCUT2D eigenvalue weighted by atomic mass is 32.1. The Morgan fingerprint density at radius 3 is 2.80 bits per heavy atom. The fourth-order valence-electron chi connectivity index (χ4n) is 1.64. The van der Waals surface area contributed by atoms with Crippen molar-refractivity contribution in [1.29, 1.82) is 0 Å². The van der Waals surface area contributed by atoms with Gasteiger partial charge in [0.1, 0.15) is 10.6 Å². The summed E-state index contributed by atoms with van der Waals surface area (Å²) in [5, 5.41) is 3.47. The van der Waals surface area contributed by atoms with Crippen LogP contribution in [-0.4, -0.2) is 23.2 Å². The molecule has 108 valence electrons. The molecule has 1 aromatic heterocycles. The molecule has 0 saturated heterocycles. The zero-order valence-electron chi connectivity index (χ0n) is 11.8. The van der Waals surface area contributed by atoms with Gasteiger partial charge in [-0.1, -0.05) is 12.1 Å². The fraction of sp³-hybridized carbons (Fsp3) is 0.429. The number of nitrogens with zero attached hydrogens (tertiary/aromatic N) is 1. The molecule has 3 N–H and O–H groups in total. The molecular formula is C14H19N3O2S. The first-order valence-corrected chi connectivity index (χ1v) is 7.25. The van der Waals surface area contributed by atoms with Crippen molar-refractivity contribution in [1.82, 2.24) is 10.3 Å². The number of thiazole rings is 1. The van der Waals surface area contributed by atoms with Crippen molar-refractivity contribution in [3.8, 4) is 0 Å². The first-order valence-electron chi connectivity index (χ1n) is 6.43. The van der Waals surface area contributed by atoms with Crippen LogP contribution in [-0.2, 0) is 4.74 Å². The Morgan fingerprint density at radius 1 is 1.45 bits per heavy atom. The summed E-state index contributed by atoms with van der Waals surface area (Å²) in [5.74, 6) is 0. The summed E-state index contributed by atoms with van der Waals surface area (Å²) in [6.45, 7) is 5.76. The van der Waals surface area contributed by atoms with Crippen LogP contribution in [0.15, 0.2) is 24.3 Å². The van der Waals surface area contributed by atoms with Gasteiger partial charge in [-0.25, -0.2) is 9.78 Å². The molecular weight excluding hydrogens is 274 g/mol. The van der Waals surface area contributed by atoms with Crippen molar-refractivity contribution in [2.45, 2.75) is 32.4 Å². The Morgan fingerprint density at radius 2 is 2.15 bits per heavy atom. The highest BCUT2D eigenvalue weighted by molar-refractivity contribution is 7.18. The molecule has 2 rings (SSSR count). The highest BCUT2D eigenvalue weighted by Crippen LogP contribution is 2.24. The van der Waals surface area contributed by atoms with Gasteiger partial charge >= 0.3 is 6.09 Å². The van der Waals surface area contributed by atoms with E-state index in [2.05, 4.69) is 10.3 Å². The molecule has 0 saturated carbocycles. The maximum atomic E-state index is 11.6. The number of alkyl carbamates (subject to hydrolysis) is 1. The summed E-state index contributed by atoms with van der Waals surface area (Å²) in [5.41, 5.74) is 6.47. The normalized spacial score (nSPS) is 13.2. The van der Waals surface area contributed by atoms with Gasteiger partial charge in [-0.05, 0) is 32.9 Å². The Bertz CT molecular complexity index is 571. The van der Waals surface area contributed by atoms with E-state index in [0.717, 1.165) is 15.2 Å². The molecule has 0 aliphatic rings. The molecule has 1 heterocycles. The van der Waals surface area contributed by atoms with Crippen molar-refractivity contribution in [3.63, 3.8) is 0 Å². The minimum Gasteiger partial charge on any atom is -0.444 e. The summed E-state index contributed by atoms with van der Waals surface area (Å²) in [7, 11) is 0. The van der Waals surface area contributed by atoms with Crippen LogP contribution in [0.1, 0.15) is 31.8 Å². The molecule has 0 bridgehead atoms. The van der Waals surface area contributed by atoms with Crippen molar-refractivity contribution in [3.05, 3.63) is 29.3 Å². The topological polar surface area (TPSA) is 77.2 Å². The number of benzene rings is 1. The second-order valence-corrected chi connectivity index (χ2v) is 6.57. The fourth-order valence-corrected chi connectivity index (χ4v) is 2.61. The van der Waals surface area contributed by atoms with Gasteiger partial charge in [-0.3, -0.25) is 0 Å². The van der Waals surface area contributed by atoms with E-state index < -0.39 is 11.7 Å². The number of fused-ring (bicyclic) bond motifs is 1. The van der Waals surface area contributed by atoms with E-state index in [9.17, 15) is 4.79 Å². The van der Waals surface area contributed by atoms with Gasteiger partial charge in [0.25, 0.3) is 0 Å². The molecule has 20 heavy (non-hydrogen) atoms. The van der Waals surface area contributed by atoms with Crippen LogP contribution in [0.2, 0.25) is 0 Å². The third kappa shape index (κ3) is 3.91. The van der Waals surface area contributed by atoms with E-state index >= 15 is 0 Å². The Balaban J connectivity index is 1.95. The largest absolute Gasteiger partial charge is 0.444 e. The minimum absolute atomic E-state index is 0.300. The lowest BCUT2D eigenvalue weighted by atomic mass is 10.2. The molecule has 0 radical (unpaired) electrons. The number of rotatable bonds is 3. The van der Waals surface area contributed by atoms with Gasteiger partial charge in [0.15, 0.2) is 0 Å². The number of para-hydroxylation sites is 1. The molecule has 0 spiro atoms. The predicted octanol–water partition coefficient (Wildman–Crippen LogP) is 2.82. The number of amides is 1. The number of nitrogens with one attached hydrogen (secondary N) is 1. The molecule has 1 atom stereocenters. The second-order valence-electron chi connectivity index (χ2n) is 5.51. The van der Waals surface area contributed by atoms with Crippen LogP contribution in [0.25, 0.3) is 10.2 Å². The summed E-state index contributed by atoms with van der Waals surface area (Å²) in [4.78, 5) is 16.0. The van der Waals surface area contributed by atoms with Crippen molar-refractivity contribution in [2.75, 3.05) is 6.54 Å². The predicted molar refractivity (Wildman–Crippen MR) is 80.8 cm³/mol. The van der Waals surface area contributed by atoms with Gasteiger partial charge in [0.05, 0.1) is 16.3 Å². The molecule has 0 aliphatic carbocycles. The third-order valence-corrected chi connectivity index (χ3v) is 3.66. The molecule has 0 aliphatic heterocycles. The maximum Gasteiger partial charge on any atom is 0.407 e. The third-order valence-electron chi connectivity index (χ3n) is 2.49. The molecule has 1 unspecified atom stereocenters. The van der Waals surface area contributed by atoms with Gasteiger partial charge in [0, 0.05) is 6.54 Å². The SMILES string of the molecule is CC(C)(C)OC(=O)NCC(N)c1nc2ccccc2s1. The summed E-state index contributed by atoms with van der Waals surface area (Å²) >= 11 is 1.54. The standard InChI is InChI=1S/C14H19N3O2S/c1-14(2,3)19-13(18)16-8-9(15)12-17-10-6-4-5-7-11(10)20-12/h4-7,9H,8,15H2,1-3H3,(H,16,18). The summed E-state index contributed by atoms with van der Waals surface area (Å²) in [6.07, 6.45) is -0.464. The molecule has 2 aromatic rings. The van der Waals surface area contributed by atoms with Crippen LogP contribution in [0.3, 0.4) is 0 Å². The molecule has 0 fully saturated rings. The number of hydrogen-bond acceptors (Lipinski definition) is 5. The zero-order valence-corrected chi connectivity index (χ0v) is 12.7. The Hall–Kier alpha value is -1.66. The molecule has 6 heteroatoms. The van der Waals surface area contributed by atoms with Crippen LogP contribution in [0, 0.1) is 0 Å². The number of carbonyl (C=O) groups excluding carboxylic acids is 1. The lowest BCUT2D eigenvalue weighted by Crippen LogP contribution is -2.36. The lowest BCUT2D eigenvalue weighted by Gasteiger charge is -2.20. The van der Waals surface area contributed by atoms with Crippen LogP contribution in [0.4, 0.5) is 4.79 Å². The number of carbonyl (C=O) groups is 1. The maximum absolute atomic E-state index is 11.6. The van der Waals surface area contributed by atoms with E-state index in [1.54, 1.807) is 11.3 Å². The lowest BCUT2D eigenvalue weighted by molar-refractivity contribution is 0.0524. The Labute approximate surface area is 122 Å². The monoisotopic (exact) mass is 293 g/mol. The van der Waals surface area contributed by atoms with Gasteiger partial charge < -0.3 is 15.8 Å². The van der Waals surface area contributed by atoms with Crippen LogP contribution in [0.5, 0.6) is 0 Å². The van der Waals surface area contributed by atoms with E-state index in [0.29, 0.717) is 6.54 Å². The summed E-state index contributed by atoms with van der Waals surface area (Å²) < 4.78 is 6.25. The minimum atomic E-state index is -0.510. The average Bonchev–Trinajstić information content (AvgIpc) is 2.77. The van der Waals surface area contributed by atoms with E-state index in [4.69, 9.17) is 10.5 Å². The van der Waals surface area contributed by atoms with Crippen molar-refractivity contribution < 1.29 is 9.53 Å². The summed E-state index contributed by atoms with van der Waals surface area (Å²) in [6, 6.07) is 7.53. The van der Waals surface area contributed by atoms with E-state index in [1.807, 2.05) is 45.0 Å². The van der Waals surface area contributed by atoms with Gasteiger partial charge in [-0.15, -0.1) is 11.3 Å². The van der Waals surface area contributed by atoms with Crippen molar-refractivity contribution >= 4 is 27.6 Å².